The van der Waals surface area contributed by atoms with Crippen molar-refractivity contribution in [3.63, 3.8) is 0 Å². The molecule has 0 heterocycles. The quantitative estimate of drug-likeness (QED) is 0.449. The van der Waals surface area contributed by atoms with Gasteiger partial charge in [-0.25, -0.2) is 0 Å². The molecule has 0 bridgehead atoms. The zero-order valence-corrected chi connectivity index (χ0v) is 14.1. The summed E-state index contributed by atoms with van der Waals surface area (Å²) in [4.78, 5) is 22.8. The highest BCUT2D eigenvalue weighted by atomic mass is 16.6. The number of esters is 1. The van der Waals surface area contributed by atoms with Crippen LogP contribution in [0.2, 0.25) is 0 Å². The Morgan fingerprint density at radius 3 is 2.10 bits per heavy atom. The minimum Gasteiger partial charge on any atom is -0.481 e. The fourth-order valence-electron chi connectivity index (χ4n) is 2.25. The predicted octanol–water partition coefficient (Wildman–Crippen LogP) is 4.56. The van der Waals surface area contributed by atoms with E-state index in [1.165, 1.54) is 25.7 Å². The van der Waals surface area contributed by atoms with Gasteiger partial charge in [-0.3, -0.25) is 9.59 Å². The Kier molecular flexibility index (Phi) is 10.1. The minimum absolute atomic E-state index is 0.185. The number of aliphatic carboxylic acids is 1. The first-order valence-electron chi connectivity index (χ1n) is 8.21. The molecule has 4 nitrogen and oxygen atoms in total. The Labute approximate surface area is 129 Å². The van der Waals surface area contributed by atoms with Crippen molar-refractivity contribution in [3.8, 4) is 0 Å². The molecule has 0 saturated carbocycles. The van der Waals surface area contributed by atoms with Gasteiger partial charge in [-0.2, -0.15) is 0 Å². The Balaban J connectivity index is 3.92. The van der Waals surface area contributed by atoms with Gasteiger partial charge in [0.05, 0.1) is 5.92 Å². The lowest BCUT2D eigenvalue weighted by Gasteiger charge is -2.20. The first kappa shape index (κ1) is 19.9. The summed E-state index contributed by atoms with van der Waals surface area (Å²) in [6.45, 7) is 7.62. The van der Waals surface area contributed by atoms with Crippen molar-refractivity contribution in [2.75, 3.05) is 0 Å². The highest BCUT2D eigenvalue weighted by Crippen LogP contribution is 2.19. The highest BCUT2D eigenvalue weighted by Gasteiger charge is 2.21. The van der Waals surface area contributed by atoms with Crippen molar-refractivity contribution in [2.45, 2.75) is 91.1 Å². The molecule has 0 aliphatic heterocycles. The zero-order chi connectivity index (χ0) is 16.3. The maximum atomic E-state index is 11.6. The molecule has 0 aliphatic rings. The first-order valence-corrected chi connectivity index (χ1v) is 8.21. The molecule has 0 aliphatic carbocycles. The van der Waals surface area contributed by atoms with E-state index in [4.69, 9.17) is 4.74 Å². The molecule has 21 heavy (non-hydrogen) atoms. The van der Waals surface area contributed by atoms with Crippen LogP contribution >= 0.6 is 0 Å². The summed E-state index contributed by atoms with van der Waals surface area (Å²) in [5.41, 5.74) is -0.505. The van der Waals surface area contributed by atoms with E-state index in [9.17, 15) is 14.7 Å². The van der Waals surface area contributed by atoms with Crippen molar-refractivity contribution in [2.24, 2.45) is 5.92 Å². The summed E-state index contributed by atoms with van der Waals surface area (Å²) in [7, 11) is 0. The average Bonchev–Trinajstić information content (AvgIpc) is 2.34. The number of unbranched alkanes of at least 4 members (excludes halogenated alkanes) is 5. The van der Waals surface area contributed by atoms with Gasteiger partial charge in [0.1, 0.15) is 5.60 Å². The molecule has 1 N–H and O–H groups in total. The van der Waals surface area contributed by atoms with Gasteiger partial charge in [0.2, 0.25) is 0 Å². The molecule has 0 unspecified atom stereocenters. The van der Waals surface area contributed by atoms with E-state index in [-0.39, 0.29) is 12.4 Å². The fraction of sp³-hybridized carbons (Fsp3) is 0.882. The van der Waals surface area contributed by atoms with Gasteiger partial charge in [0.25, 0.3) is 0 Å². The molecule has 4 heteroatoms. The summed E-state index contributed by atoms with van der Waals surface area (Å²) < 4.78 is 5.21. The number of ether oxygens (including phenoxy) is 1. The molecule has 0 spiro atoms. The SMILES string of the molecule is CCCCCCCC[C@H](CCC(=O)OC(C)(C)C)C(=O)O. The third-order valence-electron chi connectivity index (χ3n) is 3.37. The lowest BCUT2D eigenvalue weighted by molar-refractivity contribution is -0.155. The summed E-state index contributed by atoms with van der Waals surface area (Å²) in [6.07, 6.45) is 8.09. The van der Waals surface area contributed by atoms with Crippen LogP contribution in [0.4, 0.5) is 0 Å². The molecular weight excluding hydrogens is 268 g/mol. The summed E-state index contributed by atoms with van der Waals surface area (Å²) in [6, 6.07) is 0. The van der Waals surface area contributed by atoms with Gasteiger partial charge < -0.3 is 9.84 Å². The normalized spacial score (nSPS) is 13.0. The van der Waals surface area contributed by atoms with E-state index in [2.05, 4.69) is 6.92 Å². The smallest absolute Gasteiger partial charge is 0.306 e. The summed E-state index contributed by atoms with van der Waals surface area (Å²) in [5.74, 6) is -1.53. The molecule has 0 aromatic carbocycles. The predicted molar refractivity (Wildman–Crippen MR) is 84.2 cm³/mol. The summed E-state index contributed by atoms with van der Waals surface area (Å²) >= 11 is 0. The zero-order valence-electron chi connectivity index (χ0n) is 14.1. The molecule has 0 rings (SSSR count). The number of carboxylic acids is 1. The van der Waals surface area contributed by atoms with Crippen molar-refractivity contribution >= 4 is 11.9 Å². The number of carboxylic acid groups (broad SMARTS) is 1. The molecule has 1 atom stereocenters. The van der Waals surface area contributed by atoms with Gasteiger partial charge in [0, 0.05) is 6.42 Å². The Morgan fingerprint density at radius 2 is 1.57 bits per heavy atom. The Bertz CT molecular complexity index is 304. The van der Waals surface area contributed by atoms with Crippen LogP contribution in [0.5, 0.6) is 0 Å². The average molecular weight is 300 g/mol. The third kappa shape index (κ3) is 12.4. The minimum atomic E-state index is -0.799. The lowest BCUT2D eigenvalue weighted by atomic mass is 9.96. The van der Waals surface area contributed by atoms with E-state index >= 15 is 0 Å². The van der Waals surface area contributed by atoms with Crippen LogP contribution in [-0.2, 0) is 14.3 Å². The van der Waals surface area contributed by atoms with E-state index < -0.39 is 17.5 Å². The molecule has 0 fully saturated rings. The second kappa shape index (κ2) is 10.6. The van der Waals surface area contributed by atoms with Crippen LogP contribution in [0.25, 0.3) is 0 Å². The fourth-order valence-corrected chi connectivity index (χ4v) is 2.25. The van der Waals surface area contributed by atoms with Gasteiger partial charge in [-0.15, -0.1) is 0 Å². The van der Waals surface area contributed by atoms with E-state index in [1.807, 2.05) is 20.8 Å². The second-order valence-corrected chi connectivity index (χ2v) is 6.72. The van der Waals surface area contributed by atoms with E-state index in [1.54, 1.807) is 0 Å². The third-order valence-corrected chi connectivity index (χ3v) is 3.37. The van der Waals surface area contributed by atoms with Crippen LogP contribution in [0.15, 0.2) is 0 Å². The Morgan fingerprint density at radius 1 is 1.00 bits per heavy atom. The number of carbonyl (C=O) groups excluding carboxylic acids is 1. The Hall–Kier alpha value is -1.06. The van der Waals surface area contributed by atoms with Crippen molar-refractivity contribution in [1.82, 2.24) is 0 Å². The number of hydrogen-bond acceptors (Lipinski definition) is 3. The summed E-state index contributed by atoms with van der Waals surface area (Å²) in [5, 5.41) is 9.21. The topological polar surface area (TPSA) is 63.6 Å². The van der Waals surface area contributed by atoms with Gasteiger partial charge in [0.15, 0.2) is 0 Å². The standard InChI is InChI=1S/C17H32O4/c1-5-6-7-8-9-10-11-14(16(19)20)12-13-15(18)21-17(2,3)4/h14H,5-13H2,1-4H3,(H,19,20)/t14-/m1/s1. The number of hydrogen-bond donors (Lipinski definition) is 1. The van der Waals surface area contributed by atoms with E-state index in [0.29, 0.717) is 12.8 Å². The molecule has 0 aromatic rings. The second-order valence-electron chi connectivity index (χ2n) is 6.72. The first-order chi connectivity index (χ1) is 9.76. The molecular formula is C17H32O4. The van der Waals surface area contributed by atoms with Gasteiger partial charge >= 0.3 is 11.9 Å². The maximum Gasteiger partial charge on any atom is 0.306 e. The van der Waals surface area contributed by atoms with Crippen LogP contribution in [0.3, 0.4) is 0 Å². The molecule has 0 amide bonds. The number of carbonyl (C=O) groups is 2. The lowest BCUT2D eigenvalue weighted by Crippen LogP contribution is -2.25. The monoisotopic (exact) mass is 300 g/mol. The molecule has 0 aromatic heterocycles. The van der Waals surface area contributed by atoms with Crippen LogP contribution in [0, 0.1) is 5.92 Å². The maximum absolute atomic E-state index is 11.6. The van der Waals surface area contributed by atoms with Crippen molar-refractivity contribution in [1.29, 1.82) is 0 Å². The largest absolute Gasteiger partial charge is 0.481 e. The molecule has 0 saturated heterocycles. The molecule has 0 radical (unpaired) electrons. The molecule has 124 valence electrons. The van der Waals surface area contributed by atoms with Gasteiger partial charge in [-0.1, -0.05) is 45.4 Å². The van der Waals surface area contributed by atoms with Crippen LogP contribution in [-0.4, -0.2) is 22.6 Å². The van der Waals surface area contributed by atoms with Crippen LogP contribution < -0.4 is 0 Å². The van der Waals surface area contributed by atoms with Crippen LogP contribution in [0.1, 0.15) is 85.5 Å². The number of rotatable bonds is 11. The van der Waals surface area contributed by atoms with Gasteiger partial charge in [-0.05, 0) is 33.6 Å². The van der Waals surface area contributed by atoms with Crippen molar-refractivity contribution in [3.05, 3.63) is 0 Å². The highest BCUT2D eigenvalue weighted by molar-refractivity contribution is 5.73. The van der Waals surface area contributed by atoms with Crippen molar-refractivity contribution < 1.29 is 19.4 Å². The van der Waals surface area contributed by atoms with E-state index in [0.717, 1.165) is 12.8 Å².